The second-order valence-corrected chi connectivity index (χ2v) is 10.9. The highest BCUT2D eigenvalue weighted by molar-refractivity contribution is 7.92. The van der Waals surface area contributed by atoms with Crippen LogP contribution in [-0.4, -0.2) is 57.1 Å². The molecule has 10 heteroatoms. The van der Waals surface area contributed by atoms with E-state index >= 15 is 0 Å². The quantitative estimate of drug-likeness (QED) is 0.484. The predicted octanol–water partition coefficient (Wildman–Crippen LogP) is 3.76. The van der Waals surface area contributed by atoms with E-state index in [0.717, 1.165) is 28.1 Å². The minimum atomic E-state index is -3.82. The molecule has 2 aromatic carbocycles. The number of carbonyl (C=O) groups excluding carboxylic acids is 2. The third kappa shape index (κ3) is 7.86. The maximum Gasteiger partial charge on any atom is 0.244 e. The molecule has 192 valence electrons. The third-order valence-corrected chi connectivity index (χ3v) is 7.33. The van der Waals surface area contributed by atoms with Gasteiger partial charge < -0.3 is 15.0 Å². The van der Waals surface area contributed by atoms with Crippen LogP contribution in [0.3, 0.4) is 0 Å². The van der Waals surface area contributed by atoms with E-state index in [9.17, 15) is 18.0 Å². The summed E-state index contributed by atoms with van der Waals surface area (Å²) in [6.45, 7) is 6.87. The van der Waals surface area contributed by atoms with Crippen molar-refractivity contribution < 1.29 is 22.7 Å². The molecule has 2 rings (SSSR count). The standard InChI is InChI=1S/C25H34ClN3O5S/c1-7-18(3)27-25(31)19(4)28(15-20-9-8-10-22(13-20)34-5)24(30)16-29(35(6,32)33)21-12-11-17(2)23(26)14-21/h8-14,18-19H,7,15-16H2,1-6H3,(H,27,31)/t18-,19+/m0/s1. The van der Waals surface area contributed by atoms with Crippen LogP contribution in [0.25, 0.3) is 0 Å². The first-order valence-corrected chi connectivity index (χ1v) is 13.6. The molecule has 0 saturated heterocycles. The summed E-state index contributed by atoms with van der Waals surface area (Å²) in [5.74, 6) is -0.236. The number of amides is 2. The predicted molar refractivity (Wildman–Crippen MR) is 139 cm³/mol. The summed E-state index contributed by atoms with van der Waals surface area (Å²) >= 11 is 6.22. The molecule has 0 spiro atoms. The number of nitrogens with one attached hydrogen (secondary N) is 1. The van der Waals surface area contributed by atoms with Gasteiger partial charge in [0, 0.05) is 17.6 Å². The molecule has 35 heavy (non-hydrogen) atoms. The number of hydrogen-bond acceptors (Lipinski definition) is 5. The van der Waals surface area contributed by atoms with Crippen LogP contribution in [0, 0.1) is 6.92 Å². The lowest BCUT2D eigenvalue weighted by Gasteiger charge is -2.32. The molecule has 0 aliphatic rings. The topological polar surface area (TPSA) is 96.0 Å². The van der Waals surface area contributed by atoms with Gasteiger partial charge in [0.25, 0.3) is 0 Å². The van der Waals surface area contributed by atoms with Crippen molar-refractivity contribution in [3.63, 3.8) is 0 Å². The Labute approximate surface area is 213 Å². The molecule has 0 unspecified atom stereocenters. The molecule has 0 aliphatic heterocycles. The molecule has 0 saturated carbocycles. The fourth-order valence-electron chi connectivity index (χ4n) is 3.37. The summed E-state index contributed by atoms with van der Waals surface area (Å²) in [5.41, 5.74) is 1.80. The number of aryl methyl sites for hydroxylation is 1. The highest BCUT2D eigenvalue weighted by Gasteiger charge is 2.30. The average Bonchev–Trinajstić information content (AvgIpc) is 2.81. The van der Waals surface area contributed by atoms with Gasteiger partial charge >= 0.3 is 0 Å². The molecular formula is C25H34ClN3O5S. The molecule has 1 N–H and O–H groups in total. The van der Waals surface area contributed by atoms with Gasteiger partial charge in [-0.3, -0.25) is 13.9 Å². The number of benzene rings is 2. The summed E-state index contributed by atoms with van der Waals surface area (Å²) < 4.78 is 31.5. The lowest BCUT2D eigenvalue weighted by Crippen LogP contribution is -2.52. The first kappa shape index (κ1) is 28.5. The number of halogens is 1. The zero-order chi connectivity index (χ0) is 26.3. The van der Waals surface area contributed by atoms with Crippen molar-refractivity contribution in [1.82, 2.24) is 10.2 Å². The fourth-order valence-corrected chi connectivity index (χ4v) is 4.38. The Morgan fingerprint density at radius 3 is 2.40 bits per heavy atom. The number of rotatable bonds is 11. The molecule has 0 radical (unpaired) electrons. The van der Waals surface area contributed by atoms with E-state index in [4.69, 9.17) is 16.3 Å². The van der Waals surface area contributed by atoms with Crippen LogP contribution >= 0.6 is 11.6 Å². The highest BCUT2D eigenvalue weighted by atomic mass is 35.5. The van der Waals surface area contributed by atoms with Gasteiger partial charge in [-0.05, 0) is 62.6 Å². The Morgan fingerprint density at radius 1 is 1.14 bits per heavy atom. The lowest BCUT2D eigenvalue weighted by atomic mass is 10.1. The zero-order valence-electron chi connectivity index (χ0n) is 21.0. The van der Waals surface area contributed by atoms with Crippen LogP contribution in [0.1, 0.15) is 38.3 Å². The Morgan fingerprint density at radius 2 is 1.83 bits per heavy atom. The van der Waals surface area contributed by atoms with Gasteiger partial charge in [-0.25, -0.2) is 8.42 Å². The average molecular weight is 524 g/mol. The largest absolute Gasteiger partial charge is 0.497 e. The summed E-state index contributed by atoms with van der Waals surface area (Å²) in [4.78, 5) is 27.9. The Bertz CT molecular complexity index is 1160. The number of hydrogen-bond donors (Lipinski definition) is 1. The van der Waals surface area contributed by atoms with Gasteiger partial charge in [0.05, 0.1) is 19.1 Å². The number of sulfonamides is 1. The van der Waals surface area contributed by atoms with E-state index < -0.39 is 28.5 Å². The number of methoxy groups -OCH3 is 1. The maximum absolute atomic E-state index is 13.6. The van der Waals surface area contributed by atoms with Gasteiger partial charge in [-0.15, -0.1) is 0 Å². The summed E-state index contributed by atoms with van der Waals surface area (Å²) in [6, 6.07) is 11.0. The van der Waals surface area contributed by atoms with Crippen LogP contribution < -0.4 is 14.4 Å². The third-order valence-electron chi connectivity index (χ3n) is 5.78. The molecule has 2 amide bonds. The van der Waals surface area contributed by atoms with Gasteiger partial charge in [0.1, 0.15) is 18.3 Å². The number of nitrogens with zero attached hydrogens (tertiary/aromatic N) is 2. The molecular weight excluding hydrogens is 490 g/mol. The monoisotopic (exact) mass is 523 g/mol. The van der Waals surface area contributed by atoms with Crippen LogP contribution in [0.5, 0.6) is 5.75 Å². The van der Waals surface area contributed by atoms with Crippen LogP contribution in [-0.2, 0) is 26.2 Å². The minimum Gasteiger partial charge on any atom is -0.497 e. The van der Waals surface area contributed by atoms with Gasteiger partial charge in [0.15, 0.2) is 0 Å². The second-order valence-electron chi connectivity index (χ2n) is 8.57. The van der Waals surface area contributed by atoms with Gasteiger partial charge in [0.2, 0.25) is 21.8 Å². The van der Waals surface area contributed by atoms with E-state index in [1.54, 1.807) is 51.3 Å². The van der Waals surface area contributed by atoms with Crippen molar-refractivity contribution in [2.75, 3.05) is 24.2 Å². The Kier molecular flexibility index (Phi) is 9.97. The van der Waals surface area contributed by atoms with Crippen LogP contribution in [0.15, 0.2) is 42.5 Å². The zero-order valence-corrected chi connectivity index (χ0v) is 22.6. The van der Waals surface area contributed by atoms with Crippen molar-refractivity contribution in [2.45, 2.75) is 52.7 Å². The number of carbonyl (C=O) groups is 2. The van der Waals surface area contributed by atoms with Gasteiger partial charge in [-0.2, -0.15) is 0 Å². The smallest absolute Gasteiger partial charge is 0.244 e. The van der Waals surface area contributed by atoms with Crippen molar-refractivity contribution in [2.24, 2.45) is 0 Å². The lowest BCUT2D eigenvalue weighted by molar-refractivity contribution is -0.139. The molecule has 2 atom stereocenters. The van der Waals surface area contributed by atoms with E-state index in [-0.39, 0.29) is 24.2 Å². The second kappa shape index (κ2) is 12.3. The number of anilines is 1. The Balaban J connectivity index is 2.42. The summed E-state index contributed by atoms with van der Waals surface area (Å²) in [7, 11) is -2.28. The van der Waals surface area contributed by atoms with E-state index in [1.165, 1.54) is 11.0 Å². The molecule has 0 bridgehead atoms. The summed E-state index contributed by atoms with van der Waals surface area (Å²) in [5, 5.41) is 3.28. The molecule has 2 aromatic rings. The van der Waals surface area contributed by atoms with Crippen molar-refractivity contribution >= 4 is 39.1 Å². The first-order chi connectivity index (χ1) is 16.4. The Hall–Kier alpha value is -2.78. The van der Waals surface area contributed by atoms with Crippen LogP contribution in [0.2, 0.25) is 5.02 Å². The minimum absolute atomic E-state index is 0.0686. The fraction of sp³-hybridized carbons (Fsp3) is 0.440. The molecule has 0 heterocycles. The van der Waals surface area contributed by atoms with E-state index in [2.05, 4.69) is 5.32 Å². The van der Waals surface area contributed by atoms with Gasteiger partial charge in [-0.1, -0.05) is 36.7 Å². The van der Waals surface area contributed by atoms with Crippen molar-refractivity contribution in [3.8, 4) is 5.75 Å². The van der Waals surface area contributed by atoms with Crippen molar-refractivity contribution in [1.29, 1.82) is 0 Å². The van der Waals surface area contributed by atoms with E-state index in [0.29, 0.717) is 10.8 Å². The molecule has 0 fully saturated rings. The highest BCUT2D eigenvalue weighted by Crippen LogP contribution is 2.25. The first-order valence-electron chi connectivity index (χ1n) is 11.3. The van der Waals surface area contributed by atoms with Crippen molar-refractivity contribution in [3.05, 3.63) is 58.6 Å². The summed E-state index contributed by atoms with van der Waals surface area (Å²) in [6.07, 6.45) is 1.76. The molecule has 0 aliphatic carbocycles. The molecule has 8 nitrogen and oxygen atoms in total. The maximum atomic E-state index is 13.6. The van der Waals surface area contributed by atoms with E-state index in [1.807, 2.05) is 19.9 Å². The van der Waals surface area contributed by atoms with Crippen LogP contribution in [0.4, 0.5) is 5.69 Å². The molecule has 0 aromatic heterocycles. The SMILES string of the molecule is CC[C@H](C)NC(=O)[C@@H](C)N(Cc1cccc(OC)c1)C(=O)CN(c1ccc(C)c(Cl)c1)S(C)(=O)=O. The number of ether oxygens (including phenoxy) is 1. The normalized spacial score (nSPS) is 13.0.